The predicted octanol–water partition coefficient (Wildman–Crippen LogP) is 2.40. The summed E-state index contributed by atoms with van der Waals surface area (Å²) in [6.07, 6.45) is 0.628. The normalized spacial score (nSPS) is 13.8. The molecular formula is C13H13BrClN3O2. The third-order valence-electron chi connectivity index (χ3n) is 2.76. The van der Waals surface area contributed by atoms with Gasteiger partial charge in [-0.2, -0.15) is 4.98 Å². The predicted molar refractivity (Wildman–Crippen MR) is 80.6 cm³/mol. The number of anilines is 1. The number of aliphatic hydroxyl groups is 2. The smallest absolute Gasteiger partial charge is 0.224 e. The molecule has 0 saturated carbocycles. The van der Waals surface area contributed by atoms with E-state index < -0.39 is 12.1 Å². The second kappa shape index (κ2) is 6.99. The van der Waals surface area contributed by atoms with Crippen molar-refractivity contribution in [3.05, 3.63) is 51.8 Å². The van der Waals surface area contributed by atoms with E-state index in [0.29, 0.717) is 15.9 Å². The first-order valence-corrected chi connectivity index (χ1v) is 7.07. The average molecular weight is 359 g/mol. The molecule has 1 aromatic heterocycles. The minimum atomic E-state index is -0.873. The summed E-state index contributed by atoms with van der Waals surface area (Å²) in [6.45, 7) is -0.260. The van der Waals surface area contributed by atoms with E-state index in [9.17, 15) is 10.2 Å². The van der Waals surface area contributed by atoms with Crippen LogP contribution in [0.4, 0.5) is 5.82 Å². The van der Waals surface area contributed by atoms with Gasteiger partial charge in [0.2, 0.25) is 5.28 Å². The Kier molecular flexibility index (Phi) is 5.31. The van der Waals surface area contributed by atoms with Crippen molar-refractivity contribution in [2.75, 3.05) is 11.9 Å². The Hall–Kier alpha value is -1.21. The van der Waals surface area contributed by atoms with Crippen LogP contribution in [0.2, 0.25) is 5.28 Å². The lowest BCUT2D eigenvalue weighted by atomic mass is 10.0. The van der Waals surface area contributed by atoms with Crippen LogP contribution in [0.25, 0.3) is 0 Å². The summed E-state index contributed by atoms with van der Waals surface area (Å²) in [5, 5.41) is 22.8. The van der Waals surface area contributed by atoms with Gasteiger partial charge in [0.1, 0.15) is 11.9 Å². The van der Waals surface area contributed by atoms with Gasteiger partial charge in [0, 0.05) is 6.20 Å². The van der Waals surface area contributed by atoms with Gasteiger partial charge < -0.3 is 15.5 Å². The van der Waals surface area contributed by atoms with Crippen LogP contribution in [-0.2, 0) is 0 Å². The Labute approximate surface area is 129 Å². The maximum Gasteiger partial charge on any atom is 0.224 e. The first-order chi connectivity index (χ1) is 9.61. The Morgan fingerprint density at radius 2 is 2.00 bits per heavy atom. The van der Waals surface area contributed by atoms with Crippen LogP contribution >= 0.6 is 27.5 Å². The van der Waals surface area contributed by atoms with Gasteiger partial charge >= 0.3 is 0 Å². The van der Waals surface area contributed by atoms with Crippen molar-refractivity contribution in [2.45, 2.75) is 12.1 Å². The van der Waals surface area contributed by atoms with Crippen molar-refractivity contribution in [2.24, 2.45) is 0 Å². The molecule has 0 fully saturated rings. The molecule has 0 amide bonds. The fourth-order valence-corrected chi connectivity index (χ4v) is 2.17. The van der Waals surface area contributed by atoms with E-state index in [1.807, 2.05) is 18.2 Å². The summed E-state index contributed by atoms with van der Waals surface area (Å²) in [5.41, 5.74) is 0.704. The zero-order valence-corrected chi connectivity index (χ0v) is 12.7. The number of aliphatic hydroxyl groups excluding tert-OH is 2. The third kappa shape index (κ3) is 3.67. The van der Waals surface area contributed by atoms with Gasteiger partial charge in [-0.15, -0.1) is 0 Å². The number of rotatable bonds is 5. The van der Waals surface area contributed by atoms with Crippen LogP contribution in [0.5, 0.6) is 0 Å². The van der Waals surface area contributed by atoms with Gasteiger partial charge in [0.15, 0.2) is 0 Å². The fraction of sp³-hybridized carbons (Fsp3) is 0.231. The van der Waals surface area contributed by atoms with Crippen LogP contribution in [0.1, 0.15) is 11.7 Å². The molecule has 2 atom stereocenters. The summed E-state index contributed by atoms with van der Waals surface area (Å²) < 4.78 is 0.598. The lowest BCUT2D eigenvalue weighted by Crippen LogP contribution is -2.31. The second-order valence-electron chi connectivity index (χ2n) is 4.12. The summed E-state index contributed by atoms with van der Waals surface area (Å²) in [6, 6.07) is 8.47. The Morgan fingerprint density at radius 1 is 1.30 bits per heavy atom. The van der Waals surface area contributed by atoms with E-state index >= 15 is 0 Å². The van der Waals surface area contributed by atoms with Crippen LogP contribution in [0.15, 0.2) is 41.0 Å². The van der Waals surface area contributed by atoms with Gasteiger partial charge in [-0.25, -0.2) is 4.98 Å². The molecule has 1 heterocycles. The van der Waals surface area contributed by atoms with Crippen molar-refractivity contribution < 1.29 is 10.2 Å². The zero-order chi connectivity index (χ0) is 14.5. The summed E-state index contributed by atoms with van der Waals surface area (Å²) in [4.78, 5) is 7.83. The van der Waals surface area contributed by atoms with E-state index in [0.717, 1.165) is 0 Å². The Balaban J connectivity index is 2.18. The molecule has 0 saturated heterocycles. The Bertz CT molecular complexity index is 571. The molecule has 0 radical (unpaired) electrons. The molecule has 7 heteroatoms. The summed E-state index contributed by atoms with van der Waals surface area (Å²) in [7, 11) is 0. The third-order valence-corrected chi connectivity index (χ3v) is 3.52. The van der Waals surface area contributed by atoms with Gasteiger partial charge in [-0.3, -0.25) is 0 Å². The topological polar surface area (TPSA) is 78.3 Å². The summed E-state index contributed by atoms with van der Waals surface area (Å²) >= 11 is 9.02. The monoisotopic (exact) mass is 357 g/mol. The number of benzene rings is 1. The van der Waals surface area contributed by atoms with E-state index in [1.54, 1.807) is 12.1 Å². The average Bonchev–Trinajstić information content (AvgIpc) is 2.48. The Morgan fingerprint density at radius 3 is 2.65 bits per heavy atom. The van der Waals surface area contributed by atoms with E-state index in [2.05, 4.69) is 31.2 Å². The molecule has 0 aliphatic rings. The molecule has 20 heavy (non-hydrogen) atoms. The molecular weight excluding hydrogens is 346 g/mol. The van der Waals surface area contributed by atoms with Crippen LogP contribution in [-0.4, -0.2) is 32.8 Å². The first-order valence-electron chi connectivity index (χ1n) is 5.90. The SMILES string of the molecule is OCC(Nc1nc(Cl)ncc1Br)[C@@H](O)c1ccccc1. The van der Waals surface area contributed by atoms with E-state index in [4.69, 9.17) is 11.6 Å². The number of hydrogen-bond acceptors (Lipinski definition) is 5. The van der Waals surface area contributed by atoms with Crippen molar-refractivity contribution in [3.63, 3.8) is 0 Å². The molecule has 2 aromatic rings. The highest BCUT2D eigenvalue weighted by Crippen LogP contribution is 2.24. The van der Waals surface area contributed by atoms with Gasteiger partial charge in [-0.05, 0) is 33.1 Å². The molecule has 0 aliphatic heterocycles. The van der Waals surface area contributed by atoms with Gasteiger partial charge in [0.05, 0.1) is 17.1 Å². The molecule has 0 bridgehead atoms. The molecule has 0 spiro atoms. The zero-order valence-electron chi connectivity index (χ0n) is 10.4. The van der Waals surface area contributed by atoms with Crippen LogP contribution in [0.3, 0.4) is 0 Å². The lowest BCUT2D eigenvalue weighted by molar-refractivity contribution is 0.118. The highest BCUT2D eigenvalue weighted by Gasteiger charge is 2.21. The van der Waals surface area contributed by atoms with Crippen LogP contribution < -0.4 is 5.32 Å². The quantitative estimate of drug-likeness (QED) is 0.715. The van der Waals surface area contributed by atoms with Crippen molar-refractivity contribution in [1.29, 1.82) is 0 Å². The van der Waals surface area contributed by atoms with E-state index in [1.165, 1.54) is 6.20 Å². The molecule has 1 aromatic carbocycles. The number of halogens is 2. The van der Waals surface area contributed by atoms with Crippen LogP contribution in [0, 0.1) is 0 Å². The lowest BCUT2D eigenvalue weighted by Gasteiger charge is -2.23. The molecule has 5 nitrogen and oxygen atoms in total. The fourth-order valence-electron chi connectivity index (χ4n) is 1.73. The summed E-state index contributed by atoms with van der Waals surface area (Å²) in [5.74, 6) is 0.416. The largest absolute Gasteiger partial charge is 0.394 e. The number of nitrogens with zero attached hydrogens (tertiary/aromatic N) is 2. The molecule has 2 rings (SSSR count). The number of hydrogen-bond donors (Lipinski definition) is 3. The van der Waals surface area contributed by atoms with Crippen molar-refractivity contribution in [1.82, 2.24) is 9.97 Å². The maximum absolute atomic E-state index is 10.3. The van der Waals surface area contributed by atoms with Crippen molar-refractivity contribution in [3.8, 4) is 0 Å². The molecule has 1 unspecified atom stereocenters. The minimum Gasteiger partial charge on any atom is -0.394 e. The highest BCUT2D eigenvalue weighted by atomic mass is 79.9. The van der Waals surface area contributed by atoms with Gasteiger partial charge in [0.25, 0.3) is 0 Å². The first kappa shape index (κ1) is 15.2. The molecule has 3 N–H and O–H groups in total. The minimum absolute atomic E-state index is 0.0848. The molecule has 106 valence electrons. The highest BCUT2D eigenvalue weighted by molar-refractivity contribution is 9.10. The maximum atomic E-state index is 10.3. The van der Waals surface area contributed by atoms with Crippen molar-refractivity contribution >= 4 is 33.3 Å². The van der Waals surface area contributed by atoms with E-state index in [-0.39, 0.29) is 11.9 Å². The molecule has 0 aliphatic carbocycles. The number of aromatic nitrogens is 2. The number of nitrogens with one attached hydrogen (secondary N) is 1. The van der Waals surface area contributed by atoms with Gasteiger partial charge in [-0.1, -0.05) is 30.3 Å². The second-order valence-corrected chi connectivity index (χ2v) is 5.32. The standard InChI is InChI=1S/C13H13BrClN3O2/c14-9-6-16-13(15)18-12(9)17-10(7-19)11(20)8-4-2-1-3-5-8/h1-6,10-11,19-20H,7H2,(H,16,17,18)/t10?,11-/m0/s1.